The van der Waals surface area contributed by atoms with E-state index in [0.717, 1.165) is 17.0 Å². The topological polar surface area (TPSA) is 50.1 Å². The lowest BCUT2D eigenvalue weighted by molar-refractivity contribution is 0.809. The van der Waals surface area contributed by atoms with E-state index in [1.807, 2.05) is 30.3 Å². The first-order chi connectivity index (χ1) is 6.74. The van der Waals surface area contributed by atoms with Crippen molar-refractivity contribution in [1.82, 2.24) is 10.7 Å². The third-order valence-corrected chi connectivity index (χ3v) is 1.84. The maximum absolute atomic E-state index is 5.18. The fraction of sp³-hybridized carbons (Fsp3) is 0.0909. The highest BCUT2D eigenvalue weighted by Gasteiger charge is 1.96. The third kappa shape index (κ3) is 2.95. The predicted octanol–water partition coefficient (Wildman–Crippen LogP) is 1.22. The first kappa shape index (κ1) is 10.3. The molecular weight excluding hydrogens is 174 g/mol. The Hall–Kier alpha value is -1.74. The molecule has 74 valence electrons. The van der Waals surface area contributed by atoms with Crippen LogP contribution in [-0.4, -0.2) is 6.54 Å². The zero-order chi connectivity index (χ0) is 10.4. The van der Waals surface area contributed by atoms with Gasteiger partial charge in [0.15, 0.2) is 0 Å². The highest BCUT2D eigenvalue weighted by atomic mass is 15.2. The largest absolute Gasteiger partial charge is 0.379 e. The van der Waals surface area contributed by atoms with Crippen molar-refractivity contribution < 1.29 is 0 Å². The van der Waals surface area contributed by atoms with Crippen LogP contribution in [0.5, 0.6) is 0 Å². The van der Waals surface area contributed by atoms with Crippen LogP contribution < -0.4 is 16.6 Å². The van der Waals surface area contributed by atoms with E-state index in [0.29, 0.717) is 6.54 Å². The second-order valence-corrected chi connectivity index (χ2v) is 2.95. The van der Waals surface area contributed by atoms with Gasteiger partial charge in [-0.25, -0.2) is 0 Å². The summed E-state index contributed by atoms with van der Waals surface area (Å²) >= 11 is 0. The lowest BCUT2D eigenvalue weighted by atomic mass is 10.2. The molecule has 1 aromatic rings. The smallest absolute Gasteiger partial charge is 0.0555 e. The maximum Gasteiger partial charge on any atom is 0.0555 e. The molecule has 0 saturated heterocycles. The number of hydrazine groups is 1. The SMILES string of the molecule is C=C(CNC(=C)c1ccccc1)NN. The summed E-state index contributed by atoms with van der Waals surface area (Å²) in [5, 5.41) is 3.11. The third-order valence-electron chi connectivity index (χ3n) is 1.84. The van der Waals surface area contributed by atoms with E-state index >= 15 is 0 Å². The normalized spacial score (nSPS) is 9.21. The summed E-state index contributed by atoms with van der Waals surface area (Å²) in [4.78, 5) is 0. The number of rotatable bonds is 5. The molecule has 0 amide bonds. The van der Waals surface area contributed by atoms with Gasteiger partial charge < -0.3 is 10.7 Å². The predicted molar refractivity (Wildman–Crippen MR) is 59.9 cm³/mol. The molecule has 0 fully saturated rings. The molecule has 14 heavy (non-hydrogen) atoms. The van der Waals surface area contributed by atoms with E-state index in [1.165, 1.54) is 0 Å². The molecule has 0 aromatic heterocycles. The van der Waals surface area contributed by atoms with E-state index < -0.39 is 0 Å². The van der Waals surface area contributed by atoms with Crippen LogP contribution in [0.3, 0.4) is 0 Å². The van der Waals surface area contributed by atoms with Crippen molar-refractivity contribution in [3.8, 4) is 0 Å². The van der Waals surface area contributed by atoms with E-state index in [-0.39, 0.29) is 0 Å². The number of nitrogens with two attached hydrogens (primary N) is 1. The lowest BCUT2D eigenvalue weighted by Gasteiger charge is -2.10. The van der Waals surface area contributed by atoms with Gasteiger partial charge in [-0.15, -0.1) is 0 Å². The van der Waals surface area contributed by atoms with Crippen LogP contribution in [-0.2, 0) is 0 Å². The van der Waals surface area contributed by atoms with E-state index in [4.69, 9.17) is 5.84 Å². The monoisotopic (exact) mass is 189 g/mol. The van der Waals surface area contributed by atoms with Crippen molar-refractivity contribution >= 4 is 5.70 Å². The molecule has 0 saturated carbocycles. The summed E-state index contributed by atoms with van der Waals surface area (Å²) in [6, 6.07) is 9.90. The fourth-order valence-corrected chi connectivity index (χ4v) is 1.01. The number of hydrogen-bond acceptors (Lipinski definition) is 3. The zero-order valence-electron chi connectivity index (χ0n) is 8.09. The average Bonchev–Trinajstić information content (AvgIpc) is 2.26. The molecule has 0 radical (unpaired) electrons. The molecule has 0 aliphatic heterocycles. The fourth-order valence-electron chi connectivity index (χ4n) is 1.01. The van der Waals surface area contributed by atoms with Gasteiger partial charge in [0.2, 0.25) is 0 Å². The second-order valence-electron chi connectivity index (χ2n) is 2.95. The van der Waals surface area contributed by atoms with Crippen LogP contribution in [0.1, 0.15) is 5.56 Å². The molecule has 0 bridgehead atoms. The summed E-state index contributed by atoms with van der Waals surface area (Å²) < 4.78 is 0. The van der Waals surface area contributed by atoms with Crippen LogP contribution in [0.2, 0.25) is 0 Å². The Morgan fingerprint density at radius 1 is 1.21 bits per heavy atom. The molecular formula is C11H15N3. The molecule has 1 aromatic carbocycles. The minimum Gasteiger partial charge on any atom is -0.379 e. The first-order valence-corrected chi connectivity index (χ1v) is 4.36. The Balaban J connectivity index is 2.48. The molecule has 0 atom stereocenters. The second kappa shape index (κ2) is 5.09. The number of benzene rings is 1. The zero-order valence-corrected chi connectivity index (χ0v) is 8.09. The standard InChI is InChI=1S/C11H15N3/c1-9(14-12)8-13-10(2)11-6-4-3-5-7-11/h3-7,13-14H,1-2,8,12H2. The van der Waals surface area contributed by atoms with E-state index in [9.17, 15) is 0 Å². The molecule has 4 N–H and O–H groups in total. The summed E-state index contributed by atoms with van der Waals surface area (Å²) in [5.41, 5.74) is 5.13. The molecule has 0 spiro atoms. The molecule has 0 aliphatic carbocycles. The van der Waals surface area contributed by atoms with Crippen LogP contribution in [0.25, 0.3) is 5.70 Å². The molecule has 0 heterocycles. The van der Waals surface area contributed by atoms with Gasteiger partial charge in [0.05, 0.1) is 6.54 Å². The molecule has 3 nitrogen and oxygen atoms in total. The van der Waals surface area contributed by atoms with E-state index in [2.05, 4.69) is 23.9 Å². The van der Waals surface area contributed by atoms with Crippen molar-refractivity contribution in [1.29, 1.82) is 0 Å². The first-order valence-electron chi connectivity index (χ1n) is 4.36. The molecule has 0 unspecified atom stereocenters. The molecule has 1 rings (SSSR count). The minimum absolute atomic E-state index is 0.574. The van der Waals surface area contributed by atoms with Gasteiger partial charge in [-0.2, -0.15) is 0 Å². The number of nitrogens with one attached hydrogen (secondary N) is 2. The van der Waals surface area contributed by atoms with Crippen LogP contribution in [0.15, 0.2) is 49.2 Å². The van der Waals surface area contributed by atoms with Crippen molar-refractivity contribution in [2.24, 2.45) is 5.84 Å². The highest BCUT2D eigenvalue weighted by Crippen LogP contribution is 2.07. The lowest BCUT2D eigenvalue weighted by Crippen LogP contribution is -2.28. The Morgan fingerprint density at radius 3 is 2.43 bits per heavy atom. The quantitative estimate of drug-likeness (QED) is 0.482. The van der Waals surface area contributed by atoms with Gasteiger partial charge in [-0.1, -0.05) is 43.5 Å². The molecule has 0 aliphatic rings. The van der Waals surface area contributed by atoms with Crippen molar-refractivity contribution in [3.05, 3.63) is 54.8 Å². The Labute approximate surface area is 84.3 Å². The number of hydrogen-bond donors (Lipinski definition) is 3. The van der Waals surface area contributed by atoms with Crippen molar-refractivity contribution in [2.75, 3.05) is 6.54 Å². The Kier molecular flexibility index (Phi) is 3.76. The molecule has 3 heteroatoms. The van der Waals surface area contributed by atoms with Crippen molar-refractivity contribution in [3.63, 3.8) is 0 Å². The Bertz CT molecular complexity index is 317. The van der Waals surface area contributed by atoms with Crippen LogP contribution >= 0.6 is 0 Å². The Morgan fingerprint density at radius 2 is 1.86 bits per heavy atom. The summed E-state index contributed by atoms with van der Waals surface area (Å²) in [7, 11) is 0. The maximum atomic E-state index is 5.18. The summed E-state index contributed by atoms with van der Waals surface area (Å²) in [5.74, 6) is 5.18. The van der Waals surface area contributed by atoms with Gasteiger partial charge in [-0.3, -0.25) is 5.84 Å². The van der Waals surface area contributed by atoms with Gasteiger partial charge in [0, 0.05) is 11.4 Å². The van der Waals surface area contributed by atoms with Crippen LogP contribution in [0, 0.1) is 0 Å². The van der Waals surface area contributed by atoms with Gasteiger partial charge in [0.1, 0.15) is 0 Å². The van der Waals surface area contributed by atoms with E-state index in [1.54, 1.807) is 0 Å². The van der Waals surface area contributed by atoms with Gasteiger partial charge in [0.25, 0.3) is 0 Å². The minimum atomic E-state index is 0.574. The van der Waals surface area contributed by atoms with Crippen LogP contribution in [0.4, 0.5) is 0 Å². The summed E-state index contributed by atoms with van der Waals surface area (Å²) in [6.45, 7) is 8.18. The summed E-state index contributed by atoms with van der Waals surface area (Å²) in [6.07, 6.45) is 0. The average molecular weight is 189 g/mol. The van der Waals surface area contributed by atoms with Gasteiger partial charge >= 0.3 is 0 Å². The van der Waals surface area contributed by atoms with Crippen molar-refractivity contribution in [2.45, 2.75) is 0 Å². The van der Waals surface area contributed by atoms with Gasteiger partial charge in [-0.05, 0) is 5.56 Å². The highest BCUT2D eigenvalue weighted by molar-refractivity contribution is 5.61.